The number of aromatic nitrogens is 3. The summed E-state index contributed by atoms with van der Waals surface area (Å²) in [5.41, 5.74) is 6.30. The van der Waals surface area contributed by atoms with Gasteiger partial charge in [0.1, 0.15) is 17.1 Å². The summed E-state index contributed by atoms with van der Waals surface area (Å²) >= 11 is 1.98. The summed E-state index contributed by atoms with van der Waals surface area (Å²) in [5, 5.41) is 35.9. The molecule has 2 aromatic heterocycles. The van der Waals surface area contributed by atoms with Crippen LogP contribution in [0.2, 0.25) is 0 Å². The number of oxime groups is 1. The van der Waals surface area contributed by atoms with Gasteiger partial charge in [-0.2, -0.15) is 13.9 Å². The minimum absolute atomic E-state index is 0.0327. The number of thioether (sulfide) groups is 1. The monoisotopic (exact) mass is 724 g/mol. The van der Waals surface area contributed by atoms with Gasteiger partial charge in [0.2, 0.25) is 24.0 Å². The standard InChI is InChI=1S/C30H26FN9O8S2/c31-18-10-17(1-2-19(18)41)33-20(42)12-38-6-3-14(4-7-38)11-39-8-5-15(26(39)44)9-16-13-49-28-22(27(45)40(28)23(16)29(46)47)34-25(43)21(36-48)24-35-30(32)50-37-24/h1-4,6-7,9-10,22,28H,5,8,11-13H2,(H6-,32,33,34,35,36,37,41,42,43,46,47,48)/p+1/t22-,28-/m1/s1. The molecule has 0 unspecified atom stereocenters. The van der Waals surface area contributed by atoms with Gasteiger partial charge in [0.05, 0.1) is 0 Å². The fraction of sp³-hybridized carbons (Fsp3) is 0.233. The third-order valence-electron chi connectivity index (χ3n) is 7.91. The number of β-lactam (4-membered cyclic amide) rings is 1. The third kappa shape index (κ3) is 6.83. The van der Waals surface area contributed by atoms with Crippen LogP contribution in [-0.4, -0.2) is 93.6 Å². The van der Waals surface area contributed by atoms with Gasteiger partial charge < -0.3 is 36.7 Å². The second-order valence-electron chi connectivity index (χ2n) is 11.2. The van der Waals surface area contributed by atoms with E-state index in [2.05, 4.69) is 25.1 Å². The van der Waals surface area contributed by atoms with Gasteiger partial charge in [-0.15, -0.1) is 11.8 Å². The molecule has 0 bridgehead atoms. The molecule has 50 heavy (non-hydrogen) atoms. The van der Waals surface area contributed by atoms with Gasteiger partial charge in [-0.25, -0.2) is 9.18 Å². The maximum absolute atomic E-state index is 13.5. The molecule has 3 aliphatic heterocycles. The van der Waals surface area contributed by atoms with Crippen molar-refractivity contribution in [3.8, 4) is 5.75 Å². The Morgan fingerprint density at radius 2 is 1.96 bits per heavy atom. The quantitative estimate of drug-likeness (QED) is 0.0312. The van der Waals surface area contributed by atoms with E-state index in [4.69, 9.17) is 5.73 Å². The number of allylic oxidation sites excluding steroid dienone is 1. The molecule has 0 saturated carbocycles. The molecule has 0 radical (unpaired) electrons. The number of pyridine rings is 1. The number of amides is 4. The average Bonchev–Trinajstić information content (AvgIpc) is 3.66. The van der Waals surface area contributed by atoms with Crippen molar-refractivity contribution in [3.05, 3.63) is 82.8 Å². The van der Waals surface area contributed by atoms with Crippen molar-refractivity contribution in [1.29, 1.82) is 0 Å². The molecular weight excluding hydrogens is 698 g/mol. The number of aliphatic carboxylic acids is 1. The van der Waals surface area contributed by atoms with E-state index in [1.54, 1.807) is 34.0 Å². The minimum Gasteiger partial charge on any atom is -0.505 e. The van der Waals surface area contributed by atoms with E-state index in [1.165, 1.54) is 23.9 Å². The van der Waals surface area contributed by atoms with Crippen LogP contribution in [0.15, 0.2) is 70.8 Å². The number of nitrogen functional groups attached to an aromatic ring is 1. The van der Waals surface area contributed by atoms with E-state index < -0.39 is 52.4 Å². The van der Waals surface area contributed by atoms with Gasteiger partial charge >= 0.3 is 5.97 Å². The van der Waals surface area contributed by atoms with Crippen molar-refractivity contribution in [1.82, 2.24) is 24.5 Å². The number of likely N-dealkylation sites (tertiary alicyclic amines) is 1. The van der Waals surface area contributed by atoms with E-state index in [-0.39, 0.29) is 52.7 Å². The number of phenols is 1. The second-order valence-corrected chi connectivity index (χ2v) is 13.1. The van der Waals surface area contributed by atoms with E-state index in [0.717, 1.165) is 34.1 Å². The number of nitrogens with one attached hydrogen (secondary N) is 2. The highest BCUT2D eigenvalue weighted by atomic mass is 32.2. The molecule has 2 atom stereocenters. The first-order chi connectivity index (χ1) is 23.9. The number of carbonyl (C=O) groups is 5. The molecular formula is C30H27FN9O8S2+. The SMILES string of the molecule is Nc1nc(/C(=N/O)C(=O)N[C@@H]2C(=O)N3C(C(=O)O)=C(C=C4CCN(Cc5cc[n+](CC(=O)Nc6ccc(O)c(F)c6)cc5)C4=O)CS[C@H]23)ns1. The second kappa shape index (κ2) is 13.9. The van der Waals surface area contributed by atoms with Gasteiger partial charge in [-0.3, -0.25) is 24.1 Å². The Balaban J connectivity index is 1.07. The Morgan fingerprint density at radius 1 is 1.20 bits per heavy atom. The van der Waals surface area contributed by atoms with E-state index in [1.807, 2.05) is 0 Å². The molecule has 2 fully saturated rings. The Labute approximate surface area is 289 Å². The highest BCUT2D eigenvalue weighted by molar-refractivity contribution is 8.00. The predicted octanol–water partition coefficient (Wildman–Crippen LogP) is 0.167. The van der Waals surface area contributed by atoms with Crippen LogP contribution in [0, 0.1) is 5.82 Å². The molecule has 2 saturated heterocycles. The number of hydrogen-bond donors (Lipinski definition) is 6. The largest absolute Gasteiger partial charge is 0.505 e. The Morgan fingerprint density at radius 3 is 2.62 bits per heavy atom. The number of carboxylic acids is 1. The smallest absolute Gasteiger partial charge is 0.352 e. The number of benzene rings is 1. The van der Waals surface area contributed by atoms with E-state index in [0.29, 0.717) is 18.5 Å². The summed E-state index contributed by atoms with van der Waals surface area (Å²) in [7, 11) is 0. The summed E-state index contributed by atoms with van der Waals surface area (Å²) in [4.78, 5) is 70.3. The van der Waals surface area contributed by atoms with Crippen molar-refractivity contribution in [3.63, 3.8) is 0 Å². The van der Waals surface area contributed by atoms with Crippen LogP contribution < -0.4 is 20.9 Å². The van der Waals surface area contributed by atoms with Crippen LogP contribution in [0.4, 0.5) is 15.2 Å². The first-order valence-corrected chi connectivity index (χ1v) is 16.6. The molecule has 0 spiro atoms. The Bertz CT molecular complexity index is 2020. The number of halogens is 1. The maximum atomic E-state index is 13.5. The van der Waals surface area contributed by atoms with Crippen molar-refractivity contribution < 1.29 is 48.4 Å². The predicted molar refractivity (Wildman–Crippen MR) is 174 cm³/mol. The number of phenolic OH excluding ortho intramolecular Hbond substituents is 1. The molecule has 20 heteroatoms. The van der Waals surface area contributed by atoms with Crippen molar-refractivity contribution >= 4 is 69.4 Å². The molecule has 0 aliphatic carbocycles. The molecule has 258 valence electrons. The highest BCUT2D eigenvalue weighted by Gasteiger charge is 2.54. The topological polar surface area (TPSA) is 245 Å². The van der Waals surface area contributed by atoms with Crippen LogP contribution in [0.25, 0.3) is 0 Å². The molecule has 6 rings (SSSR count). The summed E-state index contributed by atoms with van der Waals surface area (Å²) in [6.07, 6.45) is 5.16. The minimum atomic E-state index is -1.37. The van der Waals surface area contributed by atoms with Crippen molar-refractivity contribution in [2.24, 2.45) is 5.16 Å². The van der Waals surface area contributed by atoms with Gasteiger partial charge in [0.25, 0.3) is 17.7 Å². The number of carbonyl (C=O) groups excluding carboxylic acids is 4. The molecule has 1 aromatic carbocycles. The number of nitrogens with two attached hydrogens (primary N) is 1. The summed E-state index contributed by atoms with van der Waals surface area (Å²) in [5.74, 6) is -5.20. The highest BCUT2D eigenvalue weighted by Crippen LogP contribution is 2.41. The third-order valence-corrected chi connectivity index (χ3v) is 9.75. The van der Waals surface area contributed by atoms with E-state index in [9.17, 15) is 43.8 Å². The molecule has 5 heterocycles. The van der Waals surface area contributed by atoms with Crippen molar-refractivity contribution in [2.45, 2.75) is 30.9 Å². The first kappa shape index (κ1) is 34.0. The van der Waals surface area contributed by atoms with E-state index >= 15 is 0 Å². The van der Waals surface area contributed by atoms with Gasteiger partial charge in [-0.1, -0.05) is 5.16 Å². The summed E-state index contributed by atoms with van der Waals surface area (Å²) in [6, 6.07) is 5.89. The summed E-state index contributed by atoms with van der Waals surface area (Å²) < 4.78 is 19.0. The number of nitrogens with zero attached hydrogens (tertiary/aromatic N) is 6. The molecule has 7 N–H and O–H groups in total. The normalized spacial score (nSPS) is 19.8. The lowest BCUT2D eigenvalue weighted by Crippen LogP contribution is -2.71. The van der Waals surface area contributed by atoms with Gasteiger partial charge in [0.15, 0.2) is 29.1 Å². The average molecular weight is 725 g/mol. The first-order valence-electron chi connectivity index (χ1n) is 14.7. The molecule has 4 amide bonds. The lowest BCUT2D eigenvalue weighted by molar-refractivity contribution is -0.684. The van der Waals surface area contributed by atoms with Crippen LogP contribution in [0.3, 0.4) is 0 Å². The number of anilines is 2. The van der Waals surface area contributed by atoms with Crippen LogP contribution in [0.5, 0.6) is 5.75 Å². The van der Waals surface area contributed by atoms with Crippen LogP contribution >= 0.6 is 23.3 Å². The lowest BCUT2D eigenvalue weighted by atomic mass is 10.0. The Hall–Kier alpha value is -5.89. The fourth-order valence-corrected chi connectivity index (χ4v) is 7.26. The fourth-order valence-electron chi connectivity index (χ4n) is 5.52. The van der Waals surface area contributed by atoms with Crippen LogP contribution in [-0.2, 0) is 37.1 Å². The lowest BCUT2D eigenvalue weighted by Gasteiger charge is -2.49. The van der Waals surface area contributed by atoms with Gasteiger partial charge in [0, 0.05) is 59.8 Å². The number of hydrogen-bond acceptors (Lipinski definition) is 13. The molecule has 17 nitrogen and oxygen atoms in total. The zero-order valence-electron chi connectivity index (χ0n) is 25.6. The number of aromatic hydroxyl groups is 1. The number of fused-ring (bicyclic) bond motifs is 1. The number of rotatable bonds is 10. The summed E-state index contributed by atoms with van der Waals surface area (Å²) in [6.45, 7) is 0.565. The zero-order chi connectivity index (χ0) is 35.7. The van der Waals surface area contributed by atoms with Gasteiger partial charge in [-0.05, 0) is 35.8 Å². The Kier molecular flexibility index (Phi) is 9.46. The van der Waals surface area contributed by atoms with Crippen LogP contribution in [0.1, 0.15) is 17.8 Å². The van der Waals surface area contributed by atoms with Crippen molar-refractivity contribution in [2.75, 3.05) is 23.3 Å². The molecule has 3 aliphatic rings. The zero-order valence-corrected chi connectivity index (χ0v) is 27.3. The number of carboxylic acid groups (broad SMARTS) is 1. The maximum Gasteiger partial charge on any atom is 0.352 e. The molecule has 3 aromatic rings.